The molecular formula is C16H31NO6Si. The topological polar surface area (TPSA) is 74.3 Å². The van der Waals surface area contributed by atoms with Crippen molar-refractivity contribution in [3.8, 4) is 0 Å². The van der Waals surface area contributed by atoms with Gasteiger partial charge >= 0.3 is 12.2 Å². The van der Waals surface area contributed by atoms with Crippen LogP contribution in [0.3, 0.4) is 0 Å². The maximum Gasteiger partial charge on any atom is 0.424 e. The number of imide groups is 1. The van der Waals surface area contributed by atoms with Crippen molar-refractivity contribution in [3.63, 3.8) is 0 Å². The first-order valence-corrected chi connectivity index (χ1v) is 11.1. The predicted molar refractivity (Wildman–Crippen MR) is 93.8 cm³/mol. The van der Waals surface area contributed by atoms with E-state index in [-0.39, 0.29) is 5.95 Å². The van der Waals surface area contributed by atoms with E-state index in [0.29, 0.717) is 0 Å². The van der Waals surface area contributed by atoms with E-state index in [1.54, 1.807) is 41.5 Å². The van der Waals surface area contributed by atoms with Crippen molar-refractivity contribution < 1.29 is 28.2 Å². The summed E-state index contributed by atoms with van der Waals surface area (Å²) in [6.45, 7) is 16.1. The normalized spacial score (nSPS) is 13.2. The van der Waals surface area contributed by atoms with Gasteiger partial charge in [0, 0.05) is 0 Å². The average Bonchev–Trinajstić information content (AvgIpc) is 2.27. The second kappa shape index (κ2) is 7.91. The Morgan fingerprint density at radius 3 is 1.50 bits per heavy atom. The van der Waals surface area contributed by atoms with Crippen molar-refractivity contribution in [2.75, 3.05) is 7.11 Å². The van der Waals surface area contributed by atoms with E-state index < -0.39 is 31.7 Å². The molecule has 0 saturated carbocycles. The van der Waals surface area contributed by atoms with Crippen LogP contribution in [-0.2, 0) is 18.6 Å². The fourth-order valence-electron chi connectivity index (χ4n) is 1.33. The van der Waals surface area contributed by atoms with Crippen molar-refractivity contribution in [2.45, 2.75) is 72.4 Å². The summed E-state index contributed by atoms with van der Waals surface area (Å²) in [5, 5.41) is 0. The van der Waals surface area contributed by atoms with Gasteiger partial charge in [0.05, 0.1) is 7.11 Å². The van der Waals surface area contributed by atoms with Crippen molar-refractivity contribution in [3.05, 3.63) is 12.1 Å². The van der Waals surface area contributed by atoms with Gasteiger partial charge in [0.15, 0.2) is 0 Å². The first-order valence-electron chi connectivity index (χ1n) is 7.74. The Balaban J connectivity index is 5.60. The highest BCUT2D eigenvalue weighted by Gasteiger charge is 2.31. The molecule has 0 spiro atoms. The summed E-state index contributed by atoms with van der Waals surface area (Å²) in [5.74, 6) is 0.0471. The van der Waals surface area contributed by atoms with E-state index in [9.17, 15) is 9.59 Å². The number of carbonyl (C=O) groups excluding carboxylic acids is 2. The van der Waals surface area contributed by atoms with Crippen molar-refractivity contribution in [1.29, 1.82) is 0 Å². The zero-order chi connectivity index (χ0) is 19.3. The average molecular weight is 362 g/mol. The molecular weight excluding hydrogens is 330 g/mol. The molecule has 7 nitrogen and oxygen atoms in total. The largest absolute Gasteiger partial charge is 0.519 e. The minimum atomic E-state index is -2.00. The number of rotatable bonds is 4. The smallest absolute Gasteiger partial charge is 0.424 e. The van der Waals surface area contributed by atoms with Gasteiger partial charge in [-0.2, -0.15) is 4.90 Å². The summed E-state index contributed by atoms with van der Waals surface area (Å²) in [4.78, 5) is 25.4. The summed E-state index contributed by atoms with van der Waals surface area (Å²) in [6.07, 6.45) is -0.587. The Kier molecular flexibility index (Phi) is 7.35. The van der Waals surface area contributed by atoms with Crippen LogP contribution in [-0.4, -0.2) is 43.7 Å². The molecule has 0 N–H and O–H groups in total. The van der Waals surface area contributed by atoms with Crippen LogP contribution in [0.15, 0.2) is 12.1 Å². The third-order valence-electron chi connectivity index (χ3n) is 2.02. The fourth-order valence-corrected chi connectivity index (χ4v) is 2.07. The standard InChI is InChI=1S/C16H31NO6Si/c1-15(2,3)21-13(18)17(14(19)22-16(4,5)6)11-12(20-7)23-24(8,9)10/h11H,1-10H3/b12-11-. The lowest BCUT2D eigenvalue weighted by Gasteiger charge is -2.28. The van der Waals surface area contributed by atoms with Gasteiger partial charge in [0.2, 0.25) is 8.32 Å². The number of hydrogen-bond acceptors (Lipinski definition) is 6. The second-order valence-electron chi connectivity index (χ2n) is 8.20. The molecule has 0 rings (SSSR count). The van der Waals surface area contributed by atoms with Crippen LogP contribution >= 0.6 is 0 Å². The molecule has 24 heavy (non-hydrogen) atoms. The summed E-state index contributed by atoms with van der Waals surface area (Å²) in [6, 6.07) is 0. The van der Waals surface area contributed by atoms with Crippen molar-refractivity contribution in [1.82, 2.24) is 4.90 Å². The minimum Gasteiger partial charge on any atom is -0.519 e. The molecule has 0 unspecified atom stereocenters. The van der Waals surface area contributed by atoms with Gasteiger partial charge in [-0.05, 0) is 61.2 Å². The van der Waals surface area contributed by atoms with Gasteiger partial charge in [-0.3, -0.25) is 0 Å². The Labute approximate surface area is 146 Å². The molecule has 0 aliphatic rings. The summed E-state index contributed by atoms with van der Waals surface area (Å²) in [5.41, 5.74) is -1.53. The van der Waals surface area contributed by atoms with Crippen LogP contribution in [0.25, 0.3) is 0 Å². The molecule has 0 heterocycles. The van der Waals surface area contributed by atoms with E-state index in [2.05, 4.69) is 0 Å². The summed E-state index contributed by atoms with van der Waals surface area (Å²) in [7, 11) is -0.598. The maximum absolute atomic E-state index is 12.4. The minimum absolute atomic E-state index is 0.0471. The molecule has 0 bridgehead atoms. The maximum atomic E-state index is 12.4. The second-order valence-corrected chi connectivity index (χ2v) is 12.6. The first-order chi connectivity index (χ1) is 10.5. The van der Waals surface area contributed by atoms with E-state index in [4.69, 9.17) is 18.6 Å². The van der Waals surface area contributed by atoms with E-state index in [1.165, 1.54) is 7.11 Å². The van der Waals surface area contributed by atoms with Gasteiger partial charge in [-0.1, -0.05) is 0 Å². The summed E-state index contributed by atoms with van der Waals surface area (Å²) < 4.78 is 21.3. The number of ether oxygens (including phenoxy) is 3. The van der Waals surface area contributed by atoms with Crippen LogP contribution in [0.2, 0.25) is 19.6 Å². The van der Waals surface area contributed by atoms with Crippen LogP contribution in [0.4, 0.5) is 9.59 Å². The molecule has 0 aliphatic heterocycles. The Morgan fingerprint density at radius 1 is 0.875 bits per heavy atom. The van der Waals surface area contributed by atoms with Gasteiger partial charge in [0.1, 0.15) is 17.4 Å². The van der Waals surface area contributed by atoms with Crippen molar-refractivity contribution >= 4 is 20.5 Å². The monoisotopic (exact) mass is 361 g/mol. The molecule has 0 radical (unpaired) electrons. The molecule has 0 aromatic heterocycles. The molecule has 140 valence electrons. The quantitative estimate of drug-likeness (QED) is 0.544. The van der Waals surface area contributed by atoms with Gasteiger partial charge in [-0.25, -0.2) is 9.59 Å². The van der Waals surface area contributed by atoms with Crippen molar-refractivity contribution in [2.24, 2.45) is 0 Å². The number of methoxy groups -OCH3 is 1. The molecule has 0 aromatic rings. The molecule has 0 saturated heterocycles. The lowest BCUT2D eigenvalue weighted by molar-refractivity contribution is 0.00822. The number of carbonyl (C=O) groups is 2. The Morgan fingerprint density at radius 2 is 1.25 bits per heavy atom. The SMILES string of the molecule is CO/C(=C/N(C(=O)OC(C)(C)C)C(=O)OC(C)(C)C)O[Si](C)(C)C. The lowest BCUT2D eigenvalue weighted by atomic mass is 10.2. The number of nitrogens with zero attached hydrogens (tertiary/aromatic N) is 1. The zero-order valence-electron chi connectivity index (χ0n) is 16.5. The Hall–Kier alpha value is -1.70. The molecule has 0 aliphatic carbocycles. The number of amides is 2. The lowest BCUT2D eigenvalue weighted by Crippen LogP contribution is -2.41. The number of hydrogen-bond donors (Lipinski definition) is 0. The van der Waals surface area contributed by atoms with Crippen LogP contribution in [0.5, 0.6) is 0 Å². The third-order valence-corrected chi connectivity index (χ3v) is 2.84. The van der Waals surface area contributed by atoms with Crippen LogP contribution in [0, 0.1) is 0 Å². The van der Waals surface area contributed by atoms with E-state index in [0.717, 1.165) is 11.1 Å². The highest BCUT2D eigenvalue weighted by atomic mass is 28.4. The van der Waals surface area contributed by atoms with Gasteiger partial charge in [-0.15, -0.1) is 0 Å². The Bertz CT molecular complexity index is 454. The van der Waals surface area contributed by atoms with Crippen LogP contribution in [0.1, 0.15) is 41.5 Å². The van der Waals surface area contributed by atoms with E-state index in [1.807, 2.05) is 19.6 Å². The van der Waals surface area contributed by atoms with E-state index >= 15 is 0 Å². The molecule has 2 amide bonds. The van der Waals surface area contributed by atoms with Gasteiger partial charge < -0.3 is 18.6 Å². The highest BCUT2D eigenvalue weighted by Crippen LogP contribution is 2.18. The zero-order valence-corrected chi connectivity index (χ0v) is 17.5. The first kappa shape index (κ1) is 22.3. The highest BCUT2D eigenvalue weighted by molar-refractivity contribution is 6.70. The third kappa shape index (κ3) is 10.1. The molecule has 0 fully saturated rings. The summed E-state index contributed by atoms with van der Waals surface area (Å²) >= 11 is 0. The van der Waals surface area contributed by atoms with Crippen LogP contribution < -0.4 is 0 Å². The molecule has 0 aromatic carbocycles. The molecule has 8 heteroatoms. The fraction of sp³-hybridized carbons (Fsp3) is 0.750. The van der Waals surface area contributed by atoms with Gasteiger partial charge in [0.25, 0.3) is 5.95 Å². The molecule has 0 atom stereocenters. The predicted octanol–water partition coefficient (Wildman–Crippen LogP) is 4.46.